The van der Waals surface area contributed by atoms with Crippen LogP contribution in [0.3, 0.4) is 0 Å². The van der Waals surface area contributed by atoms with Gasteiger partial charge in [0.25, 0.3) is 0 Å². The first-order valence-corrected chi connectivity index (χ1v) is 27.8. The minimum Gasteiger partial charge on any atom is -0.261 e. The van der Waals surface area contributed by atoms with Gasteiger partial charge < -0.3 is 0 Å². The van der Waals surface area contributed by atoms with Gasteiger partial charge in [0.1, 0.15) is 41.7 Å². The third-order valence-corrected chi connectivity index (χ3v) is 12.5. The second-order valence-corrected chi connectivity index (χ2v) is 19.2. The summed E-state index contributed by atoms with van der Waals surface area (Å²) in [6.07, 6.45) is 12.6. The number of aromatic nitrogens is 5. The number of nitrogens with one attached hydrogen (secondary N) is 5. The van der Waals surface area contributed by atoms with Crippen LogP contribution in [0, 0.1) is 45.3 Å². The zero-order valence-electron chi connectivity index (χ0n) is 47.4. The molecule has 10 rings (SSSR count). The number of hydrazone groups is 5. The molecule has 23 heteroatoms. The molecule has 5 heterocycles. The lowest BCUT2D eigenvalue weighted by molar-refractivity contribution is 1.20. The van der Waals surface area contributed by atoms with Crippen molar-refractivity contribution in [2.45, 2.75) is 13.8 Å². The van der Waals surface area contributed by atoms with Crippen LogP contribution in [0.15, 0.2) is 251 Å². The lowest BCUT2D eigenvalue weighted by atomic mass is 10.1. The minimum atomic E-state index is 0.420. The molecule has 0 atom stereocenters. The summed E-state index contributed by atoms with van der Waals surface area (Å²) in [7, 11) is 0. The van der Waals surface area contributed by atoms with Crippen LogP contribution in [-0.4, -0.2) is 55.0 Å². The summed E-state index contributed by atoms with van der Waals surface area (Å²) < 4.78 is 0. The van der Waals surface area contributed by atoms with Gasteiger partial charge in [-0.2, -0.15) is 46.6 Å². The molecule has 0 aliphatic heterocycles. The number of benzene rings is 5. The lowest BCUT2D eigenvalue weighted by Crippen LogP contribution is -2.01. The highest BCUT2D eigenvalue weighted by molar-refractivity contribution is 6.34. The molecule has 5 aromatic heterocycles. The van der Waals surface area contributed by atoms with E-state index in [0.717, 1.165) is 39.2 Å². The molecule has 5 aromatic carbocycles. The molecule has 0 bridgehead atoms. The summed E-state index contributed by atoms with van der Waals surface area (Å²) in [6, 6.07) is 66.9. The van der Waals surface area contributed by atoms with Gasteiger partial charge in [0.05, 0.1) is 52.3 Å². The van der Waals surface area contributed by atoms with Gasteiger partial charge in [0, 0.05) is 73.8 Å². The number of hydrogen-bond acceptors (Lipinski definition) is 19. The Morgan fingerprint density at radius 3 is 1.20 bits per heavy atom. The maximum absolute atomic E-state index is 8.92. The maximum Gasteiger partial charge on any atom is 0.164 e. The van der Waals surface area contributed by atoms with Crippen LogP contribution in [0.5, 0.6) is 0 Å². The van der Waals surface area contributed by atoms with E-state index in [4.69, 9.17) is 67.5 Å². The highest BCUT2D eigenvalue weighted by Gasteiger charge is 2.04. The summed E-state index contributed by atoms with van der Waals surface area (Å²) in [5.41, 5.74) is 22.1. The lowest BCUT2D eigenvalue weighted by Gasteiger charge is -2.03. The third-order valence-electron chi connectivity index (χ3n) is 11.3. The molecule has 89 heavy (non-hydrogen) atoms. The average molecular weight is 1250 g/mol. The zero-order chi connectivity index (χ0) is 63.3. The summed E-state index contributed by atoms with van der Waals surface area (Å²) >= 11 is 23.7. The Bertz CT molecular complexity index is 4200. The molecule has 19 nitrogen and oxygen atoms in total. The molecule has 0 radical (unpaired) electrons. The Morgan fingerprint density at radius 2 is 0.787 bits per heavy atom. The van der Waals surface area contributed by atoms with Crippen molar-refractivity contribution in [1.82, 2.24) is 24.9 Å². The van der Waals surface area contributed by atoms with Crippen molar-refractivity contribution in [2.75, 3.05) is 27.1 Å². The van der Waals surface area contributed by atoms with E-state index in [9.17, 15) is 0 Å². The van der Waals surface area contributed by atoms with Crippen LogP contribution in [0.25, 0.3) is 0 Å². The van der Waals surface area contributed by atoms with Crippen molar-refractivity contribution in [2.24, 2.45) is 25.5 Å². The van der Waals surface area contributed by atoms with Gasteiger partial charge >= 0.3 is 0 Å². The van der Waals surface area contributed by atoms with Crippen molar-refractivity contribution in [3.8, 4) is 24.3 Å². The quantitative estimate of drug-likeness (QED) is 0.0471. The third kappa shape index (κ3) is 23.7. The molecule has 0 unspecified atom stereocenters. The first-order valence-electron chi connectivity index (χ1n) is 26.3. The predicted octanol–water partition coefficient (Wildman–Crippen LogP) is 15.5. The van der Waals surface area contributed by atoms with E-state index in [1.54, 1.807) is 116 Å². The van der Waals surface area contributed by atoms with E-state index >= 15 is 0 Å². The number of nitrogens with zero attached hydrogens (tertiary/aromatic N) is 14. The van der Waals surface area contributed by atoms with Gasteiger partial charge in [-0.3, -0.25) is 27.1 Å². The molecule has 10 aromatic rings. The fourth-order valence-electron chi connectivity index (χ4n) is 6.69. The molecule has 0 amide bonds. The fourth-order valence-corrected chi connectivity index (χ4v) is 7.40. The number of pyridine rings is 5. The maximum atomic E-state index is 8.92. The van der Waals surface area contributed by atoms with E-state index in [1.807, 2.05) is 147 Å². The smallest absolute Gasteiger partial charge is 0.164 e. The van der Waals surface area contributed by atoms with Crippen molar-refractivity contribution < 1.29 is 0 Å². The standard InChI is InChI=1S/2C14H12N4.2C13H9ClN4.C12H9Cl2N3/c1-11(12-6-3-2-4-7-12)17-18-14-13(10-15)8-5-9-16-14;1-11(13-5-3-2-4-6-13)17-18-14-8-7-12(9-15)10-16-14;14-12-6-2-1-4-11(12)9-17-18-13-10(8-15)5-3-7-16-13;14-12-4-2-1-3-11(12)9-17-18-13-6-5-10(7-15)8-16-13;13-10-5-6-15-12(7-10)17-16-8-9-3-1-2-4-11(9)14/h2-9H,1H3,(H,16,18);2-8,10H,1H3,(H,16,18);1-7,9H,(H,16,18);1-6,8-9H,(H,16,18);1-8H,(H,15,17)/b2*17-11+;2*17-9+;16-8+. The Hall–Kier alpha value is -11.7. The molecule has 438 valence electrons. The Labute approximate surface area is 534 Å². The Balaban J connectivity index is 0.000000177. The van der Waals surface area contributed by atoms with Crippen LogP contribution in [0.4, 0.5) is 29.1 Å². The number of anilines is 5. The van der Waals surface area contributed by atoms with Crippen LogP contribution in [0.1, 0.15) is 63.9 Å². The topological polar surface area (TPSA) is 282 Å². The van der Waals surface area contributed by atoms with E-state index in [0.29, 0.717) is 71.4 Å². The van der Waals surface area contributed by atoms with Crippen LogP contribution in [-0.2, 0) is 0 Å². The second-order valence-electron chi connectivity index (χ2n) is 17.5. The van der Waals surface area contributed by atoms with Gasteiger partial charge in [0.2, 0.25) is 0 Å². The summed E-state index contributed by atoms with van der Waals surface area (Å²) in [5, 5.41) is 58.1. The van der Waals surface area contributed by atoms with E-state index < -0.39 is 0 Å². The Kier molecular flexibility index (Phi) is 28.1. The van der Waals surface area contributed by atoms with E-state index in [1.165, 1.54) is 12.4 Å². The Morgan fingerprint density at radius 1 is 0.382 bits per heavy atom. The van der Waals surface area contributed by atoms with Gasteiger partial charge in [-0.05, 0) is 97.8 Å². The van der Waals surface area contributed by atoms with Gasteiger partial charge in [-0.15, -0.1) is 0 Å². The molecular formula is C66H51Cl4N19. The van der Waals surface area contributed by atoms with Crippen molar-refractivity contribution in [3.63, 3.8) is 0 Å². The highest BCUT2D eigenvalue weighted by atomic mass is 35.5. The predicted molar refractivity (Wildman–Crippen MR) is 358 cm³/mol. The van der Waals surface area contributed by atoms with Gasteiger partial charge in [-0.25, -0.2) is 24.9 Å². The molecule has 0 aliphatic rings. The second kappa shape index (κ2) is 37.6. The molecule has 0 fully saturated rings. The van der Waals surface area contributed by atoms with Crippen LogP contribution < -0.4 is 27.1 Å². The number of rotatable bonds is 15. The first kappa shape index (κ1) is 66.5. The first-order chi connectivity index (χ1) is 43.5. The SMILES string of the molecule is C/C(=N\Nc1ccc(C#N)cn1)c1ccccc1.C/C(=N\Nc1ncccc1C#N)c1ccccc1.Clc1ccnc(N/N=C/c2ccccc2Cl)c1.N#Cc1ccc(N/N=C/c2ccccc2Cl)nc1.N#Cc1cccnc1N/N=C/c1ccccc1Cl. The van der Waals surface area contributed by atoms with Crippen LogP contribution in [0.2, 0.25) is 20.1 Å². The minimum absolute atomic E-state index is 0.420. The molecule has 5 N–H and O–H groups in total. The van der Waals surface area contributed by atoms with Gasteiger partial charge in [-0.1, -0.05) is 162 Å². The summed E-state index contributed by atoms with van der Waals surface area (Å²) in [4.78, 5) is 20.2. The fraction of sp³-hybridized carbons (Fsp3) is 0.0303. The van der Waals surface area contributed by atoms with E-state index in [-0.39, 0.29) is 0 Å². The average Bonchev–Trinajstić information content (AvgIpc) is 3.73. The molecular weight excluding hydrogens is 1200 g/mol. The molecule has 0 aliphatic carbocycles. The van der Waals surface area contributed by atoms with Crippen molar-refractivity contribution in [1.29, 1.82) is 21.0 Å². The highest BCUT2D eigenvalue weighted by Crippen LogP contribution is 2.17. The normalized spacial score (nSPS) is 10.5. The zero-order valence-corrected chi connectivity index (χ0v) is 50.4. The summed E-state index contributed by atoms with van der Waals surface area (Å²) in [6.45, 7) is 3.82. The van der Waals surface area contributed by atoms with Gasteiger partial charge in [0.15, 0.2) is 11.6 Å². The van der Waals surface area contributed by atoms with Crippen molar-refractivity contribution >= 4 is 106 Å². The molecule has 0 spiro atoms. The summed E-state index contributed by atoms with van der Waals surface area (Å²) in [5.74, 6) is 2.65. The number of hydrogen-bond donors (Lipinski definition) is 5. The largest absolute Gasteiger partial charge is 0.261 e. The molecule has 0 saturated carbocycles. The monoisotopic (exact) mass is 1250 g/mol. The van der Waals surface area contributed by atoms with Crippen molar-refractivity contribution in [3.05, 3.63) is 295 Å². The van der Waals surface area contributed by atoms with Crippen LogP contribution >= 0.6 is 46.4 Å². The number of nitriles is 4. The number of halogens is 4. The molecule has 0 saturated heterocycles. The van der Waals surface area contributed by atoms with E-state index in [2.05, 4.69) is 83.6 Å².